The van der Waals surface area contributed by atoms with Crippen molar-refractivity contribution in [2.24, 2.45) is 7.05 Å². The van der Waals surface area contributed by atoms with E-state index in [1.54, 1.807) is 7.05 Å². The van der Waals surface area contributed by atoms with E-state index in [-0.39, 0.29) is 0 Å². The molecule has 170 valence electrons. The van der Waals surface area contributed by atoms with Crippen molar-refractivity contribution in [3.63, 3.8) is 0 Å². The van der Waals surface area contributed by atoms with Gasteiger partial charge in [-0.2, -0.15) is 4.98 Å². The monoisotopic (exact) mass is 444 g/mol. The summed E-state index contributed by atoms with van der Waals surface area (Å²) >= 11 is 0. The summed E-state index contributed by atoms with van der Waals surface area (Å²) in [6.45, 7) is 10.7. The maximum absolute atomic E-state index is 12.6. The van der Waals surface area contributed by atoms with Gasteiger partial charge >= 0.3 is 5.69 Å². The topological polar surface area (TPSA) is 79.2 Å². The molecule has 4 aromatic rings. The Morgan fingerprint density at radius 1 is 1.06 bits per heavy atom. The van der Waals surface area contributed by atoms with Crippen LogP contribution in [0.15, 0.2) is 64.2 Å². The molecule has 0 amide bonds. The maximum atomic E-state index is 12.6. The molecular weight excluding hydrogens is 416 g/mol. The Morgan fingerprint density at radius 2 is 1.79 bits per heavy atom. The van der Waals surface area contributed by atoms with Crippen LogP contribution >= 0.6 is 0 Å². The van der Waals surface area contributed by atoms with Crippen molar-refractivity contribution in [1.29, 1.82) is 0 Å². The molecule has 8 nitrogen and oxygen atoms in total. The van der Waals surface area contributed by atoms with Crippen LogP contribution in [-0.2, 0) is 20.1 Å². The molecule has 0 saturated carbocycles. The minimum Gasteiger partial charge on any atom is -0.340 e. The number of aromatic nitrogens is 4. The lowest BCUT2D eigenvalue weighted by atomic mass is 10.0. The number of fused-ring (bicyclic) bond motifs is 2. The number of allylic oxidation sites excluding steroid dienone is 1. The number of nitrogens with zero attached hydrogens (tertiary/aromatic N) is 5. The van der Waals surface area contributed by atoms with Crippen LogP contribution in [0.2, 0.25) is 0 Å². The van der Waals surface area contributed by atoms with Crippen LogP contribution in [0.25, 0.3) is 21.9 Å². The van der Waals surface area contributed by atoms with Crippen molar-refractivity contribution in [2.45, 2.75) is 20.0 Å². The molecule has 1 N–H and O–H groups in total. The molecule has 0 aliphatic carbocycles. The van der Waals surface area contributed by atoms with Gasteiger partial charge in [-0.1, -0.05) is 54.6 Å². The predicted molar refractivity (Wildman–Crippen MR) is 132 cm³/mol. The fourth-order valence-electron chi connectivity index (χ4n) is 4.66. The summed E-state index contributed by atoms with van der Waals surface area (Å²) in [6.07, 6.45) is 0. The molecule has 0 atom stereocenters. The van der Waals surface area contributed by atoms with E-state index in [4.69, 9.17) is 4.98 Å². The van der Waals surface area contributed by atoms with E-state index >= 15 is 0 Å². The number of aromatic amines is 1. The summed E-state index contributed by atoms with van der Waals surface area (Å²) < 4.78 is 3.28. The van der Waals surface area contributed by atoms with Crippen molar-refractivity contribution >= 4 is 27.9 Å². The number of hydrogen-bond donors (Lipinski definition) is 1. The summed E-state index contributed by atoms with van der Waals surface area (Å²) in [5.74, 6) is 0.713. The molecule has 2 aromatic carbocycles. The average molecular weight is 445 g/mol. The number of hydrogen-bond acceptors (Lipinski definition) is 5. The lowest BCUT2D eigenvalue weighted by molar-refractivity contribution is 0.249. The molecule has 1 aliphatic heterocycles. The van der Waals surface area contributed by atoms with Gasteiger partial charge in [0.2, 0.25) is 5.95 Å². The van der Waals surface area contributed by atoms with Gasteiger partial charge < -0.3 is 9.47 Å². The average Bonchev–Trinajstić information content (AvgIpc) is 3.17. The number of benzene rings is 2. The second-order valence-corrected chi connectivity index (χ2v) is 8.85. The van der Waals surface area contributed by atoms with Crippen molar-refractivity contribution in [3.05, 3.63) is 81.0 Å². The smallest absolute Gasteiger partial charge is 0.329 e. The molecule has 33 heavy (non-hydrogen) atoms. The molecule has 0 unspecified atom stereocenters. The van der Waals surface area contributed by atoms with Gasteiger partial charge in [-0.15, -0.1) is 0 Å². The highest BCUT2D eigenvalue weighted by molar-refractivity contribution is 5.85. The van der Waals surface area contributed by atoms with Gasteiger partial charge in [-0.05, 0) is 23.3 Å². The first-order chi connectivity index (χ1) is 15.9. The molecular formula is C25H28N6O2. The SMILES string of the molecule is C=C(C)Cn1c(N2CCN(Cc3cccc4ccccc34)CC2)nc2c1c(=O)[nH]c(=O)n2C. The zero-order chi connectivity index (χ0) is 23.1. The highest BCUT2D eigenvalue weighted by atomic mass is 16.2. The van der Waals surface area contributed by atoms with Gasteiger partial charge in [0.15, 0.2) is 11.2 Å². The van der Waals surface area contributed by atoms with Gasteiger partial charge in [-0.25, -0.2) is 4.79 Å². The fourth-order valence-corrected chi connectivity index (χ4v) is 4.66. The maximum Gasteiger partial charge on any atom is 0.329 e. The van der Waals surface area contributed by atoms with Crippen molar-refractivity contribution in [1.82, 2.24) is 24.0 Å². The van der Waals surface area contributed by atoms with E-state index in [0.717, 1.165) is 38.3 Å². The van der Waals surface area contributed by atoms with E-state index in [1.165, 1.54) is 20.9 Å². The standard InChI is InChI=1S/C25H28N6O2/c1-17(2)15-31-21-22(28(3)25(33)27-23(21)32)26-24(31)30-13-11-29(12-14-30)16-19-9-6-8-18-7-4-5-10-20(18)19/h4-10H,1,11-16H2,2-3H3,(H,27,32,33). The molecule has 3 heterocycles. The Labute approximate surface area is 191 Å². The lowest BCUT2D eigenvalue weighted by Gasteiger charge is -2.35. The molecule has 8 heteroatoms. The summed E-state index contributed by atoms with van der Waals surface area (Å²) in [4.78, 5) is 36.5. The third kappa shape index (κ3) is 3.87. The second kappa shape index (κ2) is 8.37. The number of aryl methyl sites for hydroxylation is 1. The van der Waals surface area contributed by atoms with Gasteiger partial charge in [0.05, 0.1) is 0 Å². The molecule has 5 rings (SSSR count). The van der Waals surface area contributed by atoms with Crippen LogP contribution in [0.4, 0.5) is 5.95 Å². The minimum atomic E-state index is -0.459. The normalized spacial score (nSPS) is 14.9. The van der Waals surface area contributed by atoms with Gasteiger partial charge in [0.1, 0.15) is 0 Å². The Morgan fingerprint density at radius 3 is 2.55 bits per heavy atom. The van der Waals surface area contributed by atoms with Crippen LogP contribution < -0.4 is 16.1 Å². The highest BCUT2D eigenvalue weighted by Gasteiger charge is 2.25. The minimum absolute atomic E-state index is 0.401. The molecule has 0 bridgehead atoms. The first-order valence-corrected chi connectivity index (χ1v) is 11.2. The lowest BCUT2D eigenvalue weighted by Crippen LogP contribution is -2.47. The van der Waals surface area contributed by atoms with E-state index in [1.807, 2.05) is 11.5 Å². The quantitative estimate of drug-likeness (QED) is 0.479. The largest absolute Gasteiger partial charge is 0.340 e. The van der Waals surface area contributed by atoms with Crippen molar-refractivity contribution in [2.75, 3.05) is 31.1 Å². The summed E-state index contributed by atoms with van der Waals surface area (Å²) in [5.41, 5.74) is 2.18. The van der Waals surface area contributed by atoms with Crippen LogP contribution in [0.5, 0.6) is 0 Å². The van der Waals surface area contributed by atoms with Crippen LogP contribution in [0.1, 0.15) is 12.5 Å². The third-order valence-corrected chi connectivity index (χ3v) is 6.34. The van der Waals surface area contributed by atoms with E-state index in [0.29, 0.717) is 23.7 Å². The zero-order valence-electron chi connectivity index (χ0n) is 19.0. The summed E-state index contributed by atoms with van der Waals surface area (Å²) in [5, 5.41) is 2.56. The number of rotatable bonds is 5. The number of nitrogens with one attached hydrogen (secondary N) is 1. The van der Waals surface area contributed by atoms with Crippen LogP contribution in [0, 0.1) is 0 Å². The zero-order valence-corrected chi connectivity index (χ0v) is 19.0. The number of anilines is 1. The highest BCUT2D eigenvalue weighted by Crippen LogP contribution is 2.24. The number of H-pyrrole nitrogens is 1. The summed E-state index contributed by atoms with van der Waals surface area (Å²) in [6, 6.07) is 15.0. The fraction of sp³-hybridized carbons (Fsp3) is 0.320. The second-order valence-electron chi connectivity index (χ2n) is 8.85. The molecule has 1 aliphatic rings. The molecule has 0 spiro atoms. The summed E-state index contributed by atoms with van der Waals surface area (Å²) in [7, 11) is 1.63. The molecule has 0 radical (unpaired) electrons. The first-order valence-electron chi connectivity index (χ1n) is 11.2. The number of imidazole rings is 1. The van der Waals surface area contributed by atoms with Crippen molar-refractivity contribution < 1.29 is 0 Å². The van der Waals surface area contributed by atoms with E-state index in [9.17, 15) is 9.59 Å². The van der Waals surface area contributed by atoms with Crippen LogP contribution in [-0.4, -0.2) is 50.2 Å². The van der Waals surface area contributed by atoms with E-state index < -0.39 is 11.2 Å². The Balaban J connectivity index is 1.42. The molecule has 1 fully saturated rings. The number of piperazine rings is 1. The Bertz CT molecular complexity index is 1460. The first kappa shape index (κ1) is 21.2. The Kier molecular flexibility index (Phi) is 5.38. The van der Waals surface area contributed by atoms with Crippen molar-refractivity contribution in [3.8, 4) is 0 Å². The van der Waals surface area contributed by atoms with E-state index in [2.05, 4.69) is 63.8 Å². The predicted octanol–water partition coefficient (Wildman–Crippen LogP) is 2.47. The van der Waals surface area contributed by atoms with Crippen LogP contribution in [0.3, 0.4) is 0 Å². The molecule has 2 aromatic heterocycles. The Hall–Kier alpha value is -3.65. The third-order valence-electron chi connectivity index (χ3n) is 6.34. The van der Waals surface area contributed by atoms with Gasteiger partial charge in [-0.3, -0.25) is 19.2 Å². The molecule has 1 saturated heterocycles. The van der Waals surface area contributed by atoms with Gasteiger partial charge in [0, 0.05) is 46.3 Å². The van der Waals surface area contributed by atoms with Gasteiger partial charge in [0.25, 0.3) is 5.56 Å².